The molecular formula is C70H67N3S4. The van der Waals surface area contributed by atoms with Gasteiger partial charge in [0.05, 0.1) is 0 Å². The van der Waals surface area contributed by atoms with Crippen molar-refractivity contribution in [2.75, 3.05) is 0 Å². The quantitative estimate of drug-likeness (QED) is 0.0637. The highest BCUT2D eigenvalue weighted by Gasteiger charge is 2.19. The number of rotatable bonds is 21. The summed E-state index contributed by atoms with van der Waals surface area (Å²) in [6, 6.07) is 61.4. The predicted octanol–water partition coefficient (Wildman–Crippen LogP) is 23.0. The molecule has 386 valence electrons. The van der Waals surface area contributed by atoms with E-state index >= 15 is 0 Å². The number of aromatic nitrogens is 3. The van der Waals surface area contributed by atoms with Gasteiger partial charge in [0, 0.05) is 114 Å². The van der Waals surface area contributed by atoms with Crippen LogP contribution in [-0.4, -0.2) is 13.7 Å². The Labute approximate surface area is 469 Å². The van der Waals surface area contributed by atoms with Crippen LogP contribution in [0, 0.1) is 0 Å². The van der Waals surface area contributed by atoms with Crippen molar-refractivity contribution in [2.45, 2.75) is 117 Å². The Kier molecular flexibility index (Phi) is 14.4. The molecular weight excluding hydrogens is 1010 g/mol. The van der Waals surface area contributed by atoms with Crippen LogP contribution in [0.4, 0.5) is 0 Å². The molecule has 0 saturated heterocycles. The molecule has 0 bridgehead atoms. The molecule has 13 aromatic rings. The normalized spacial score (nSPS) is 12.1. The zero-order chi connectivity index (χ0) is 51.8. The Morgan fingerprint density at radius 2 is 0.532 bits per heavy atom. The first kappa shape index (κ1) is 50.1. The summed E-state index contributed by atoms with van der Waals surface area (Å²) < 4.78 is 7.77. The van der Waals surface area contributed by atoms with Crippen LogP contribution in [0.2, 0.25) is 0 Å². The highest BCUT2D eigenvalue weighted by Crippen LogP contribution is 2.44. The average Bonchev–Trinajstić information content (AvgIpc) is 4.38. The van der Waals surface area contributed by atoms with E-state index in [1.54, 1.807) is 0 Å². The summed E-state index contributed by atoms with van der Waals surface area (Å²) >= 11 is 7.47. The minimum atomic E-state index is 1.03. The molecule has 3 nitrogen and oxygen atoms in total. The van der Waals surface area contributed by atoms with E-state index in [4.69, 9.17) is 0 Å². The molecule has 7 heterocycles. The first-order valence-corrected chi connectivity index (χ1v) is 31.9. The molecule has 0 atom stereocenters. The lowest BCUT2D eigenvalue weighted by Gasteiger charge is -2.08. The Bertz CT molecular complexity index is 3920. The third-order valence-electron chi connectivity index (χ3n) is 16.3. The fourth-order valence-electron chi connectivity index (χ4n) is 12.2. The third-order valence-corrected chi connectivity index (χ3v) is 20.5. The Morgan fingerprint density at radius 1 is 0.273 bits per heavy atom. The van der Waals surface area contributed by atoms with Crippen LogP contribution in [0.15, 0.2) is 168 Å². The van der Waals surface area contributed by atoms with Crippen LogP contribution >= 0.6 is 45.3 Å². The Morgan fingerprint density at radius 3 is 0.766 bits per heavy atom. The van der Waals surface area contributed by atoms with Crippen molar-refractivity contribution in [3.63, 3.8) is 0 Å². The van der Waals surface area contributed by atoms with Gasteiger partial charge in [-0.25, -0.2) is 0 Å². The molecule has 0 aliphatic carbocycles. The molecule has 0 aliphatic rings. The molecule has 7 aromatic heterocycles. The maximum absolute atomic E-state index is 2.60. The average molecular weight is 1080 g/mol. The van der Waals surface area contributed by atoms with E-state index in [1.807, 2.05) is 45.3 Å². The second kappa shape index (κ2) is 22.1. The Hall–Kier alpha value is -6.48. The minimum absolute atomic E-state index is 1.03. The van der Waals surface area contributed by atoms with Crippen molar-refractivity contribution in [2.24, 2.45) is 0 Å². The minimum Gasteiger partial charge on any atom is -0.340 e. The number of nitrogens with zero attached hydrogens (tertiary/aromatic N) is 3. The van der Waals surface area contributed by atoms with Gasteiger partial charge in [0.2, 0.25) is 0 Å². The van der Waals surface area contributed by atoms with E-state index in [0.717, 1.165) is 19.6 Å². The maximum atomic E-state index is 2.60. The van der Waals surface area contributed by atoms with Gasteiger partial charge in [-0.2, -0.15) is 0 Å². The van der Waals surface area contributed by atoms with Crippen LogP contribution in [0.1, 0.15) is 97.8 Å². The van der Waals surface area contributed by atoms with E-state index in [0.29, 0.717) is 0 Å². The van der Waals surface area contributed by atoms with Gasteiger partial charge < -0.3 is 13.7 Å². The standard InChI is InChI=1S/C70H67N3S4/c1-4-7-10-13-36-71-59-26-20-47(65-18-16-39-74-65)41-53(59)55-43-49(22-28-61(55)71)67-32-34-69(76-67)51-24-30-63-57(45-51)58-46-52(25-31-64(58)73(63)38-15-12-9-6-3)70-35-33-68(77-70)50-23-29-62-56(44-50)54-42-48(66-19-17-40-75-66)21-27-60(54)72(62)37-14-11-8-5-2/h16-35,39-46H,4-15,36-38H2,1-3H3. The van der Waals surface area contributed by atoms with Gasteiger partial charge in [0.15, 0.2) is 0 Å². The SMILES string of the molecule is CCCCCCn1c2ccc(-c3cccs3)cc2c2cc(-c3ccc(-c4ccc5c(c4)c4cc(-c6ccc(-c7ccc8c(c7)c7cc(-c9cccs9)ccc7n8CCCCCC)s6)ccc4n5CCCCCC)s3)ccc21. The van der Waals surface area contributed by atoms with Crippen molar-refractivity contribution in [1.29, 1.82) is 0 Å². The van der Waals surface area contributed by atoms with Gasteiger partial charge in [0.1, 0.15) is 0 Å². The number of thiophene rings is 4. The van der Waals surface area contributed by atoms with Crippen LogP contribution in [0.3, 0.4) is 0 Å². The monoisotopic (exact) mass is 1080 g/mol. The molecule has 6 aromatic carbocycles. The number of benzene rings is 6. The number of aryl methyl sites for hydroxylation is 3. The summed E-state index contributed by atoms with van der Waals surface area (Å²) in [4.78, 5) is 7.88. The van der Waals surface area contributed by atoms with E-state index < -0.39 is 0 Å². The van der Waals surface area contributed by atoms with Gasteiger partial charge in [-0.1, -0.05) is 127 Å². The van der Waals surface area contributed by atoms with Crippen LogP contribution in [0.25, 0.3) is 128 Å². The van der Waals surface area contributed by atoms with Crippen molar-refractivity contribution < 1.29 is 0 Å². The lowest BCUT2D eigenvalue weighted by atomic mass is 10.0. The number of unbranched alkanes of at least 4 members (excludes halogenated alkanes) is 9. The lowest BCUT2D eigenvalue weighted by Crippen LogP contribution is -1.97. The van der Waals surface area contributed by atoms with Crippen molar-refractivity contribution >= 4 is 111 Å². The van der Waals surface area contributed by atoms with Gasteiger partial charge in [-0.3, -0.25) is 0 Å². The first-order chi connectivity index (χ1) is 38.0. The van der Waals surface area contributed by atoms with Crippen LogP contribution in [0.5, 0.6) is 0 Å². The summed E-state index contributed by atoms with van der Waals surface area (Å²) in [7, 11) is 0. The zero-order valence-corrected chi connectivity index (χ0v) is 48.0. The van der Waals surface area contributed by atoms with Crippen molar-refractivity contribution in [1.82, 2.24) is 13.7 Å². The second-order valence-electron chi connectivity index (χ2n) is 21.3. The maximum Gasteiger partial charge on any atom is 0.0491 e. The summed E-state index contributed by atoms with van der Waals surface area (Å²) in [6.07, 6.45) is 15.0. The van der Waals surface area contributed by atoms with Crippen molar-refractivity contribution in [3.05, 3.63) is 168 Å². The smallest absolute Gasteiger partial charge is 0.0491 e. The van der Waals surface area contributed by atoms with E-state index in [2.05, 4.69) is 203 Å². The summed E-state index contributed by atoms with van der Waals surface area (Å²) in [6.45, 7) is 10.0. The molecule has 0 spiro atoms. The predicted molar refractivity (Wildman–Crippen MR) is 342 cm³/mol. The first-order valence-electron chi connectivity index (χ1n) is 28.5. The molecule has 0 unspecified atom stereocenters. The van der Waals surface area contributed by atoms with Crippen LogP contribution < -0.4 is 0 Å². The number of hydrogen-bond acceptors (Lipinski definition) is 4. The van der Waals surface area contributed by atoms with Crippen LogP contribution in [-0.2, 0) is 19.6 Å². The summed E-state index contributed by atoms with van der Waals surface area (Å²) in [5.74, 6) is 0. The fraction of sp³-hybridized carbons (Fsp3) is 0.257. The second-order valence-corrected chi connectivity index (χ2v) is 25.4. The number of fused-ring (bicyclic) bond motifs is 9. The molecule has 77 heavy (non-hydrogen) atoms. The van der Waals surface area contributed by atoms with Gasteiger partial charge in [-0.05, 0) is 173 Å². The fourth-order valence-corrected chi connectivity index (χ4v) is 15.7. The van der Waals surface area contributed by atoms with E-state index in [1.165, 1.54) is 205 Å². The molecule has 0 radical (unpaired) electrons. The topological polar surface area (TPSA) is 14.8 Å². The summed E-state index contributed by atoms with van der Waals surface area (Å²) in [5, 5.41) is 12.5. The van der Waals surface area contributed by atoms with Crippen molar-refractivity contribution in [3.8, 4) is 62.6 Å². The molecule has 13 rings (SSSR count). The lowest BCUT2D eigenvalue weighted by molar-refractivity contribution is 0.602. The molecule has 0 amide bonds. The molecule has 0 N–H and O–H groups in total. The summed E-state index contributed by atoms with van der Waals surface area (Å²) in [5.41, 5.74) is 15.8. The number of hydrogen-bond donors (Lipinski definition) is 0. The largest absolute Gasteiger partial charge is 0.340 e. The van der Waals surface area contributed by atoms with Gasteiger partial charge in [0.25, 0.3) is 0 Å². The highest BCUT2D eigenvalue weighted by molar-refractivity contribution is 7.19. The van der Waals surface area contributed by atoms with Gasteiger partial charge >= 0.3 is 0 Å². The highest BCUT2D eigenvalue weighted by atomic mass is 32.1. The third kappa shape index (κ3) is 9.62. The Balaban J connectivity index is 0.845. The van der Waals surface area contributed by atoms with E-state index in [9.17, 15) is 0 Å². The molecule has 0 aliphatic heterocycles. The van der Waals surface area contributed by atoms with Gasteiger partial charge in [-0.15, -0.1) is 45.3 Å². The zero-order valence-electron chi connectivity index (χ0n) is 44.7. The van der Waals surface area contributed by atoms with E-state index in [-0.39, 0.29) is 0 Å². The molecule has 7 heteroatoms. The molecule has 0 saturated carbocycles. The molecule has 0 fully saturated rings.